The molecule has 2 N–H and O–H groups in total. The van der Waals surface area contributed by atoms with E-state index in [1.54, 1.807) is 6.20 Å². The predicted molar refractivity (Wildman–Crippen MR) is 72.0 cm³/mol. The van der Waals surface area contributed by atoms with Gasteiger partial charge in [0, 0.05) is 31.2 Å². The summed E-state index contributed by atoms with van der Waals surface area (Å²) in [6, 6.07) is 6.11. The monoisotopic (exact) mass is 244 g/mol. The van der Waals surface area contributed by atoms with Gasteiger partial charge in [-0.25, -0.2) is 0 Å². The maximum atomic E-state index is 6.24. The highest BCUT2D eigenvalue weighted by atomic mass is 15.3. The Morgan fingerprint density at radius 1 is 1.33 bits per heavy atom. The van der Waals surface area contributed by atoms with E-state index in [-0.39, 0.29) is 6.04 Å². The molecule has 2 aromatic heterocycles. The lowest BCUT2D eigenvalue weighted by Crippen LogP contribution is -2.17. The Morgan fingerprint density at radius 3 is 2.94 bits per heavy atom. The number of aryl methyl sites for hydroxylation is 2. The highest BCUT2D eigenvalue weighted by Crippen LogP contribution is 2.16. The fraction of sp³-hybridized carbons (Fsp3) is 0.429. The third kappa shape index (κ3) is 3.17. The molecule has 0 bridgehead atoms. The van der Waals surface area contributed by atoms with E-state index >= 15 is 0 Å². The van der Waals surface area contributed by atoms with E-state index in [0.29, 0.717) is 0 Å². The van der Waals surface area contributed by atoms with Gasteiger partial charge in [-0.1, -0.05) is 13.0 Å². The minimum absolute atomic E-state index is 0.0410. The fourth-order valence-electron chi connectivity index (χ4n) is 2.07. The van der Waals surface area contributed by atoms with E-state index in [1.165, 1.54) is 5.56 Å². The van der Waals surface area contributed by atoms with Crippen molar-refractivity contribution in [1.29, 1.82) is 0 Å². The first-order chi connectivity index (χ1) is 8.81. The molecular formula is C14H20N4. The zero-order valence-electron chi connectivity index (χ0n) is 10.8. The molecule has 18 heavy (non-hydrogen) atoms. The second-order valence-electron chi connectivity index (χ2n) is 4.49. The molecule has 0 fully saturated rings. The second-order valence-corrected chi connectivity index (χ2v) is 4.49. The Labute approximate surface area is 108 Å². The van der Waals surface area contributed by atoms with E-state index in [2.05, 4.69) is 23.1 Å². The van der Waals surface area contributed by atoms with Crippen LogP contribution in [0.3, 0.4) is 0 Å². The first-order valence-electron chi connectivity index (χ1n) is 6.47. The first kappa shape index (κ1) is 12.8. The topological polar surface area (TPSA) is 56.7 Å². The highest BCUT2D eigenvalue weighted by molar-refractivity contribution is 5.11. The summed E-state index contributed by atoms with van der Waals surface area (Å²) in [5.41, 5.74) is 8.59. The number of nitrogens with zero attached hydrogens (tertiary/aromatic N) is 3. The predicted octanol–water partition coefficient (Wildman–Crippen LogP) is 2.32. The molecule has 0 radical (unpaired) electrons. The fourth-order valence-corrected chi connectivity index (χ4v) is 2.07. The van der Waals surface area contributed by atoms with Crippen LogP contribution in [0.5, 0.6) is 0 Å². The quantitative estimate of drug-likeness (QED) is 0.848. The molecule has 1 unspecified atom stereocenters. The average Bonchev–Trinajstić information content (AvgIpc) is 2.86. The van der Waals surface area contributed by atoms with Crippen molar-refractivity contribution in [3.05, 3.63) is 48.0 Å². The zero-order valence-corrected chi connectivity index (χ0v) is 10.8. The smallest absolute Gasteiger partial charge is 0.0551 e. The average molecular weight is 244 g/mol. The zero-order chi connectivity index (χ0) is 12.8. The van der Waals surface area contributed by atoms with Crippen LogP contribution >= 0.6 is 0 Å². The Morgan fingerprint density at radius 2 is 2.22 bits per heavy atom. The number of hydrogen-bond acceptors (Lipinski definition) is 3. The van der Waals surface area contributed by atoms with Crippen LogP contribution in [0.4, 0.5) is 0 Å². The number of hydrogen-bond donors (Lipinski definition) is 1. The van der Waals surface area contributed by atoms with Crippen molar-refractivity contribution in [3.63, 3.8) is 0 Å². The van der Waals surface area contributed by atoms with E-state index in [4.69, 9.17) is 5.73 Å². The molecule has 0 saturated carbocycles. The molecule has 2 rings (SSSR count). The van der Waals surface area contributed by atoms with Gasteiger partial charge < -0.3 is 5.73 Å². The van der Waals surface area contributed by atoms with Gasteiger partial charge in [-0.3, -0.25) is 9.67 Å². The summed E-state index contributed by atoms with van der Waals surface area (Å²) in [6.45, 7) is 3.08. The standard InChI is InChI=1S/C14H20N4/c1-2-10-18-14(7-9-17-18)13(15)6-5-12-4-3-8-16-11-12/h3-4,7-9,11,13H,2,5-6,10,15H2,1H3. The molecule has 0 saturated heterocycles. The van der Waals surface area contributed by atoms with Gasteiger partial charge >= 0.3 is 0 Å². The van der Waals surface area contributed by atoms with Crippen LogP contribution in [0.1, 0.15) is 37.1 Å². The van der Waals surface area contributed by atoms with Gasteiger partial charge in [-0.05, 0) is 37.0 Å². The van der Waals surface area contributed by atoms with Gasteiger partial charge in [0.1, 0.15) is 0 Å². The summed E-state index contributed by atoms with van der Waals surface area (Å²) in [4.78, 5) is 4.11. The van der Waals surface area contributed by atoms with Crippen molar-refractivity contribution < 1.29 is 0 Å². The van der Waals surface area contributed by atoms with Crippen molar-refractivity contribution in [1.82, 2.24) is 14.8 Å². The van der Waals surface area contributed by atoms with E-state index in [9.17, 15) is 0 Å². The van der Waals surface area contributed by atoms with Gasteiger partial charge in [-0.2, -0.15) is 5.10 Å². The minimum Gasteiger partial charge on any atom is -0.323 e. The largest absolute Gasteiger partial charge is 0.323 e. The van der Waals surface area contributed by atoms with Crippen molar-refractivity contribution in [3.8, 4) is 0 Å². The molecule has 4 heteroatoms. The van der Waals surface area contributed by atoms with Crippen molar-refractivity contribution >= 4 is 0 Å². The summed E-state index contributed by atoms with van der Waals surface area (Å²) in [7, 11) is 0. The molecule has 0 aliphatic heterocycles. The third-order valence-corrected chi connectivity index (χ3v) is 3.03. The van der Waals surface area contributed by atoms with Gasteiger partial charge in [0.05, 0.1) is 5.69 Å². The summed E-state index contributed by atoms with van der Waals surface area (Å²) in [5, 5.41) is 4.31. The van der Waals surface area contributed by atoms with Gasteiger partial charge in [0.25, 0.3) is 0 Å². The van der Waals surface area contributed by atoms with Gasteiger partial charge in [-0.15, -0.1) is 0 Å². The normalized spacial score (nSPS) is 12.6. The third-order valence-electron chi connectivity index (χ3n) is 3.03. The van der Waals surface area contributed by atoms with Gasteiger partial charge in [0.15, 0.2) is 0 Å². The molecule has 0 aliphatic carbocycles. The Bertz CT molecular complexity index is 464. The molecule has 96 valence electrons. The van der Waals surface area contributed by atoms with Crippen LogP contribution in [0.2, 0.25) is 0 Å². The van der Waals surface area contributed by atoms with E-state index in [0.717, 1.165) is 31.5 Å². The lowest BCUT2D eigenvalue weighted by Gasteiger charge is -2.13. The summed E-state index contributed by atoms with van der Waals surface area (Å²) < 4.78 is 2.01. The SMILES string of the molecule is CCCn1nccc1C(N)CCc1cccnc1. The van der Waals surface area contributed by atoms with Crippen LogP contribution in [0.25, 0.3) is 0 Å². The summed E-state index contributed by atoms with van der Waals surface area (Å²) in [6.07, 6.45) is 8.46. The molecule has 0 amide bonds. The first-order valence-corrected chi connectivity index (χ1v) is 6.47. The summed E-state index contributed by atoms with van der Waals surface area (Å²) >= 11 is 0. The molecule has 0 spiro atoms. The second kappa shape index (κ2) is 6.31. The molecule has 4 nitrogen and oxygen atoms in total. The van der Waals surface area contributed by atoms with Gasteiger partial charge in [0.2, 0.25) is 0 Å². The molecule has 2 heterocycles. The van der Waals surface area contributed by atoms with Crippen LogP contribution in [0.15, 0.2) is 36.8 Å². The van der Waals surface area contributed by atoms with Crippen LogP contribution in [-0.4, -0.2) is 14.8 Å². The Hall–Kier alpha value is -1.68. The lowest BCUT2D eigenvalue weighted by atomic mass is 10.0. The molecular weight excluding hydrogens is 224 g/mol. The van der Waals surface area contributed by atoms with E-state index < -0.39 is 0 Å². The van der Waals surface area contributed by atoms with Crippen LogP contribution < -0.4 is 5.73 Å². The Balaban J connectivity index is 1.95. The highest BCUT2D eigenvalue weighted by Gasteiger charge is 2.11. The van der Waals surface area contributed by atoms with Crippen LogP contribution in [0, 0.1) is 0 Å². The Kier molecular flexibility index (Phi) is 4.47. The number of nitrogens with two attached hydrogens (primary N) is 1. The molecule has 0 aliphatic rings. The number of aromatic nitrogens is 3. The summed E-state index contributed by atoms with van der Waals surface area (Å²) in [5.74, 6) is 0. The minimum atomic E-state index is 0.0410. The lowest BCUT2D eigenvalue weighted by molar-refractivity contribution is 0.523. The molecule has 2 aromatic rings. The van der Waals surface area contributed by atoms with Crippen molar-refractivity contribution in [2.75, 3.05) is 0 Å². The maximum Gasteiger partial charge on any atom is 0.0551 e. The number of rotatable bonds is 6. The maximum absolute atomic E-state index is 6.24. The molecule has 1 atom stereocenters. The molecule has 0 aromatic carbocycles. The van der Waals surface area contributed by atoms with Crippen LogP contribution in [-0.2, 0) is 13.0 Å². The van der Waals surface area contributed by atoms with Crippen molar-refractivity contribution in [2.24, 2.45) is 5.73 Å². The number of pyridine rings is 1. The van der Waals surface area contributed by atoms with Crippen molar-refractivity contribution in [2.45, 2.75) is 38.8 Å². The van der Waals surface area contributed by atoms with E-state index in [1.807, 2.05) is 29.2 Å².